The van der Waals surface area contributed by atoms with Crippen LogP contribution in [-0.4, -0.2) is 85.3 Å². The second kappa shape index (κ2) is 10.7. The standard InChI is InChI=1S/C25H26F2N8O4/c1-14-23(24(37)29-5-6-36)15(2)34(32-14)22-8-21(19(27)11-30-22)39-18-12-33(13-18)25(38)35-20(3-4-31-35)16-7-17(26)10-28-9-16/h4,7-11,18,20,36H,3,5-6,12-13H2,1-2H3,(H,29,37)/t20-/m0/s1. The fourth-order valence-corrected chi connectivity index (χ4v) is 4.55. The summed E-state index contributed by atoms with van der Waals surface area (Å²) in [5, 5.41) is 21.4. The van der Waals surface area contributed by atoms with Gasteiger partial charge in [0.05, 0.1) is 55.1 Å². The SMILES string of the molecule is Cc1nn(-c2cc(OC3CN(C(=O)N4N=CC[C@H]4c4cncc(F)c4)C3)c(F)cn2)c(C)c1C(=O)NCCO. The number of carbonyl (C=O) groups excluding carboxylic acids is 2. The molecule has 0 aromatic carbocycles. The molecule has 0 radical (unpaired) electrons. The number of pyridine rings is 2. The van der Waals surface area contributed by atoms with Crippen LogP contribution in [0.15, 0.2) is 35.8 Å². The average molecular weight is 541 g/mol. The Morgan fingerprint density at radius 1 is 1.18 bits per heavy atom. The first-order valence-electron chi connectivity index (χ1n) is 12.3. The van der Waals surface area contributed by atoms with Crippen molar-refractivity contribution in [3.05, 3.63) is 64.9 Å². The number of urea groups is 1. The third-order valence-electron chi connectivity index (χ3n) is 6.49. The highest BCUT2D eigenvalue weighted by Gasteiger charge is 2.39. The first-order chi connectivity index (χ1) is 18.8. The van der Waals surface area contributed by atoms with Crippen molar-refractivity contribution in [2.45, 2.75) is 32.4 Å². The van der Waals surface area contributed by atoms with Crippen molar-refractivity contribution in [3.63, 3.8) is 0 Å². The van der Waals surface area contributed by atoms with Crippen molar-refractivity contribution < 1.29 is 28.2 Å². The van der Waals surface area contributed by atoms with Crippen LogP contribution in [0.25, 0.3) is 5.82 Å². The Labute approximate surface area is 221 Å². The number of nitrogens with one attached hydrogen (secondary N) is 1. The number of hydrogen-bond donors (Lipinski definition) is 2. The van der Waals surface area contributed by atoms with Gasteiger partial charge in [0.1, 0.15) is 11.9 Å². The highest BCUT2D eigenvalue weighted by Crippen LogP contribution is 2.31. The Balaban J connectivity index is 1.25. The van der Waals surface area contributed by atoms with Gasteiger partial charge in [0.25, 0.3) is 5.91 Å². The van der Waals surface area contributed by atoms with Crippen LogP contribution in [0.1, 0.15) is 39.8 Å². The van der Waals surface area contributed by atoms with Gasteiger partial charge in [-0.15, -0.1) is 0 Å². The molecule has 1 atom stereocenters. The molecule has 14 heteroatoms. The van der Waals surface area contributed by atoms with Crippen LogP contribution in [0, 0.1) is 25.5 Å². The molecule has 3 amide bonds. The van der Waals surface area contributed by atoms with Gasteiger partial charge in [-0.1, -0.05) is 0 Å². The Kier molecular flexibility index (Phi) is 7.19. The van der Waals surface area contributed by atoms with Crippen LogP contribution in [0.3, 0.4) is 0 Å². The molecule has 5 rings (SSSR count). The van der Waals surface area contributed by atoms with Gasteiger partial charge in [-0.2, -0.15) is 10.2 Å². The Hall–Kier alpha value is -4.46. The Morgan fingerprint density at radius 2 is 1.97 bits per heavy atom. The molecule has 2 N–H and O–H groups in total. The highest BCUT2D eigenvalue weighted by atomic mass is 19.1. The van der Waals surface area contributed by atoms with Gasteiger partial charge in [-0.25, -0.2) is 28.3 Å². The van der Waals surface area contributed by atoms with Gasteiger partial charge in [0.2, 0.25) is 0 Å². The predicted octanol–water partition coefficient (Wildman–Crippen LogP) is 1.90. The fourth-order valence-electron chi connectivity index (χ4n) is 4.55. The summed E-state index contributed by atoms with van der Waals surface area (Å²) in [6.45, 7) is 3.65. The molecule has 0 unspecified atom stereocenters. The van der Waals surface area contributed by atoms with E-state index in [1.807, 2.05) is 0 Å². The summed E-state index contributed by atoms with van der Waals surface area (Å²) in [7, 11) is 0. The lowest BCUT2D eigenvalue weighted by Gasteiger charge is -2.41. The molecule has 0 bridgehead atoms. The molecular formula is C25H26F2N8O4. The van der Waals surface area contributed by atoms with Crippen molar-refractivity contribution in [2.24, 2.45) is 5.10 Å². The van der Waals surface area contributed by atoms with E-state index in [1.165, 1.54) is 32.9 Å². The van der Waals surface area contributed by atoms with Crippen molar-refractivity contribution in [2.75, 3.05) is 26.2 Å². The van der Waals surface area contributed by atoms with Crippen molar-refractivity contribution in [1.29, 1.82) is 0 Å². The maximum absolute atomic E-state index is 14.6. The zero-order valence-electron chi connectivity index (χ0n) is 21.2. The van der Waals surface area contributed by atoms with Crippen LogP contribution in [0.5, 0.6) is 5.75 Å². The minimum atomic E-state index is -0.686. The third-order valence-corrected chi connectivity index (χ3v) is 6.49. The van der Waals surface area contributed by atoms with Gasteiger partial charge < -0.3 is 20.1 Å². The molecule has 39 heavy (non-hydrogen) atoms. The molecule has 1 fully saturated rings. The number of hydrogen-bond acceptors (Lipinski definition) is 8. The number of aryl methyl sites for hydroxylation is 1. The zero-order valence-corrected chi connectivity index (χ0v) is 21.2. The van der Waals surface area contributed by atoms with Crippen LogP contribution in [-0.2, 0) is 0 Å². The second-order valence-corrected chi connectivity index (χ2v) is 9.17. The number of ether oxygens (including phenoxy) is 1. The van der Waals surface area contributed by atoms with Gasteiger partial charge in [0, 0.05) is 31.4 Å². The molecule has 2 aliphatic rings. The minimum absolute atomic E-state index is 0.0705. The fraction of sp³-hybridized carbons (Fsp3) is 0.360. The molecule has 3 aromatic rings. The summed E-state index contributed by atoms with van der Waals surface area (Å²) >= 11 is 0. The van der Waals surface area contributed by atoms with E-state index in [4.69, 9.17) is 9.84 Å². The summed E-state index contributed by atoms with van der Waals surface area (Å²) in [4.78, 5) is 34.9. The first-order valence-corrected chi connectivity index (χ1v) is 12.3. The normalized spacial score (nSPS) is 16.9. The van der Waals surface area contributed by atoms with Gasteiger partial charge >= 0.3 is 6.03 Å². The van der Waals surface area contributed by atoms with Crippen LogP contribution >= 0.6 is 0 Å². The number of amides is 3. The molecule has 12 nitrogen and oxygen atoms in total. The summed E-state index contributed by atoms with van der Waals surface area (Å²) in [5.41, 5.74) is 1.81. The lowest BCUT2D eigenvalue weighted by atomic mass is 10.1. The number of hydrazone groups is 1. The molecule has 5 heterocycles. The number of rotatable bonds is 7. The van der Waals surface area contributed by atoms with Gasteiger partial charge in [-0.05, 0) is 25.5 Å². The largest absolute Gasteiger partial charge is 0.483 e. The maximum atomic E-state index is 14.6. The Bertz CT molecular complexity index is 1440. The maximum Gasteiger partial charge on any atom is 0.341 e. The van der Waals surface area contributed by atoms with E-state index in [0.717, 1.165) is 12.4 Å². The van der Waals surface area contributed by atoms with E-state index in [0.29, 0.717) is 28.9 Å². The van der Waals surface area contributed by atoms with E-state index in [-0.39, 0.29) is 49.7 Å². The number of aliphatic hydroxyl groups excluding tert-OH is 1. The number of likely N-dealkylation sites (tertiary alicyclic amines) is 1. The number of halogens is 2. The van der Waals surface area contributed by atoms with E-state index >= 15 is 0 Å². The highest BCUT2D eigenvalue weighted by molar-refractivity contribution is 5.96. The molecule has 0 spiro atoms. The number of aromatic nitrogens is 4. The van der Waals surface area contributed by atoms with Crippen molar-refractivity contribution >= 4 is 18.2 Å². The number of carbonyl (C=O) groups is 2. The molecule has 2 aliphatic heterocycles. The van der Waals surface area contributed by atoms with Crippen molar-refractivity contribution in [1.82, 2.24) is 35.0 Å². The molecular weight excluding hydrogens is 514 g/mol. The molecule has 3 aromatic heterocycles. The van der Waals surface area contributed by atoms with E-state index in [1.54, 1.807) is 20.1 Å². The van der Waals surface area contributed by atoms with Crippen LogP contribution in [0.2, 0.25) is 0 Å². The smallest absolute Gasteiger partial charge is 0.341 e. The first kappa shape index (κ1) is 26.2. The van der Waals surface area contributed by atoms with E-state index in [2.05, 4.69) is 25.5 Å². The molecule has 1 saturated heterocycles. The Morgan fingerprint density at radius 3 is 2.72 bits per heavy atom. The average Bonchev–Trinajstić information content (AvgIpc) is 3.49. The summed E-state index contributed by atoms with van der Waals surface area (Å²) in [5.74, 6) is -1.39. The number of nitrogens with zero attached hydrogens (tertiary/aromatic N) is 7. The van der Waals surface area contributed by atoms with Gasteiger partial charge in [0.15, 0.2) is 17.4 Å². The third kappa shape index (κ3) is 5.14. The van der Waals surface area contributed by atoms with Crippen LogP contribution in [0.4, 0.5) is 13.6 Å². The van der Waals surface area contributed by atoms with Crippen molar-refractivity contribution in [3.8, 4) is 11.6 Å². The summed E-state index contributed by atoms with van der Waals surface area (Å²) in [6.07, 6.45) is 5.16. The number of aliphatic hydroxyl groups is 1. The molecule has 0 aliphatic carbocycles. The summed E-state index contributed by atoms with van der Waals surface area (Å²) < 4.78 is 35.5. The summed E-state index contributed by atoms with van der Waals surface area (Å²) in [6, 6.07) is 1.87. The monoisotopic (exact) mass is 540 g/mol. The topological polar surface area (TPSA) is 138 Å². The predicted molar refractivity (Wildman–Crippen MR) is 133 cm³/mol. The lowest BCUT2D eigenvalue weighted by Crippen LogP contribution is -2.58. The van der Waals surface area contributed by atoms with E-state index < -0.39 is 23.8 Å². The van der Waals surface area contributed by atoms with E-state index in [9.17, 15) is 18.4 Å². The molecule has 0 saturated carbocycles. The van der Waals surface area contributed by atoms with Gasteiger partial charge in [-0.3, -0.25) is 9.78 Å². The quantitative estimate of drug-likeness (QED) is 0.467. The lowest BCUT2D eigenvalue weighted by molar-refractivity contribution is 0.0256. The van der Waals surface area contributed by atoms with Crippen LogP contribution < -0.4 is 10.1 Å². The zero-order chi connectivity index (χ0) is 27.7. The second-order valence-electron chi connectivity index (χ2n) is 9.17. The minimum Gasteiger partial charge on any atom is -0.483 e. The molecule has 204 valence electrons.